The van der Waals surface area contributed by atoms with Crippen molar-refractivity contribution >= 4 is 47.1 Å². The van der Waals surface area contributed by atoms with Crippen LogP contribution in [0.25, 0.3) is 22.5 Å². The molecule has 2 aliphatic heterocycles. The van der Waals surface area contributed by atoms with E-state index in [1.165, 1.54) is 20.9 Å². The Bertz CT molecular complexity index is 1500. The molecule has 0 spiro atoms. The molecule has 4 aromatic rings. The molecule has 0 radical (unpaired) electrons. The first kappa shape index (κ1) is 24.3. The molecule has 38 heavy (non-hydrogen) atoms. The first-order chi connectivity index (χ1) is 18.7. The van der Waals surface area contributed by atoms with Crippen molar-refractivity contribution in [3.8, 4) is 11.4 Å². The molecule has 0 fully saturated rings. The molecule has 4 N–H and O–H groups in total. The van der Waals surface area contributed by atoms with Gasteiger partial charge in [0, 0.05) is 34.1 Å². The summed E-state index contributed by atoms with van der Waals surface area (Å²) in [7, 11) is 0. The molecule has 186 valence electrons. The number of allylic oxidation sites excluding steroid dienone is 4. The zero-order chi connectivity index (χ0) is 25.9. The van der Waals surface area contributed by atoms with Crippen LogP contribution in [-0.2, 0) is 0 Å². The smallest absolute Gasteiger partial charge is 0.213 e. The molecule has 6 heteroatoms. The fourth-order valence-electron chi connectivity index (χ4n) is 4.80. The predicted octanol–water partition coefficient (Wildman–Crippen LogP) is 4.41. The number of thioether (sulfide) groups is 2. The fraction of sp³-hybridized carbons (Fsp3) is 0.0625. The van der Waals surface area contributed by atoms with Crippen LogP contribution < -0.4 is 9.98 Å². The van der Waals surface area contributed by atoms with E-state index in [-0.39, 0.29) is 0 Å². The van der Waals surface area contributed by atoms with E-state index in [4.69, 9.17) is 0 Å². The largest absolute Gasteiger partial charge is 0.353 e. The highest BCUT2D eigenvalue weighted by molar-refractivity contribution is 7.98. The van der Waals surface area contributed by atoms with Crippen molar-refractivity contribution in [3.63, 3.8) is 0 Å². The van der Waals surface area contributed by atoms with Crippen LogP contribution in [0.3, 0.4) is 0 Å². The molecular formula is C32H28N4S2+2. The maximum atomic E-state index is 3.67. The molecule has 2 aromatic heterocycles. The van der Waals surface area contributed by atoms with Crippen molar-refractivity contribution in [3.05, 3.63) is 131 Å². The molecule has 0 aliphatic carbocycles. The number of H-pyrrole nitrogens is 2. The topological polar surface area (TPSA) is 59.5 Å². The molecule has 0 unspecified atom stereocenters. The van der Waals surface area contributed by atoms with Crippen molar-refractivity contribution < 1.29 is 9.98 Å². The van der Waals surface area contributed by atoms with Crippen LogP contribution in [0.5, 0.6) is 0 Å². The summed E-state index contributed by atoms with van der Waals surface area (Å²) < 4.78 is 0. The van der Waals surface area contributed by atoms with E-state index in [2.05, 4.69) is 117 Å². The highest BCUT2D eigenvalue weighted by Gasteiger charge is 2.20. The molecule has 0 bridgehead atoms. The maximum Gasteiger partial charge on any atom is 0.213 e. The summed E-state index contributed by atoms with van der Waals surface area (Å²) in [5.41, 5.74) is 11.0. The Kier molecular flexibility index (Phi) is 6.90. The van der Waals surface area contributed by atoms with Crippen molar-refractivity contribution in [2.45, 2.75) is 9.79 Å². The predicted molar refractivity (Wildman–Crippen MR) is 161 cm³/mol. The standard InChI is InChI=1S/C32H26N4S2/c1-37-23-11-7-21(8-12-23)31(27-5-3-19-33-27)29-17-15-25(35-29)26-16-18-30(36-26)32(28-6-4-20-34-28)22-9-13-24(38-2)14-10-22/h3-20,35-36H,1-2H3/p+2. The average Bonchev–Trinajstić information content (AvgIpc) is 3.78. The van der Waals surface area contributed by atoms with Crippen LogP contribution in [0.15, 0.2) is 118 Å². The van der Waals surface area contributed by atoms with Gasteiger partial charge < -0.3 is 9.97 Å². The SMILES string of the molecule is CSc1ccc(C(=C2C=CC=[NH+]2)c2ccc(-c3ccc(C(=C4C=CC=[NH+]4)c4ccc(SC)cc4)[nH]3)[nH]2)cc1. The number of aromatic amines is 2. The van der Waals surface area contributed by atoms with Gasteiger partial charge in [0.15, 0.2) is 12.4 Å². The monoisotopic (exact) mass is 532 g/mol. The van der Waals surface area contributed by atoms with Gasteiger partial charge >= 0.3 is 0 Å². The van der Waals surface area contributed by atoms with Gasteiger partial charge in [0.25, 0.3) is 0 Å². The second-order valence-electron chi connectivity index (χ2n) is 8.95. The minimum Gasteiger partial charge on any atom is -0.353 e. The molecular weight excluding hydrogens is 505 g/mol. The third kappa shape index (κ3) is 4.80. The second-order valence-corrected chi connectivity index (χ2v) is 10.7. The van der Waals surface area contributed by atoms with Crippen LogP contribution in [0, 0.1) is 0 Å². The van der Waals surface area contributed by atoms with Crippen molar-refractivity contribution in [2.24, 2.45) is 0 Å². The fourth-order valence-corrected chi connectivity index (χ4v) is 5.61. The Labute approximate surface area is 231 Å². The van der Waals surface area contributed by atoms with Crippen LogP contribution in [-0.4, -0.2) is 34.9 Å². The number of rotatable bonds is 7. The van der Waals surface area contributed by atoms with E-state index in [9.17, 15) is 0 Å². The first-order valence-corrected chi connectivity index (χ1v) is 14.9. The Hall–Kier alpha value is -4.00. The molecule has 4 nitrogen and oxygen atoms in total. The minimum atomic E-state index is 1.04. The molecule has 2 aromatic carbocycles. The second kappa shape index (κ2) is 10.8. The summed E-state index contributed by atoms with van der Waals surface area (Å²) in [6.07, 6.45) is 16.4. The van der Waals surface area contributed by atoms with Crippen molar-refractivity contribution in [1.82, 2.24) is 9.97 Å². The van der Waals surface area contributed by atoms with Gasteiger partial charge in [-0.05, 0) is 72.2 Å². The zero-order valence-electron chi connectivity index (χ0n) is 21.2. The summed E-state index contributed by atoms with van der Waals surface area (Å²) in [5.74, 6) is 0. The van der Waals surface area contributed by atoms with Crippen LogP contribution >= 0.6 is 23.5 Å². The van der Waals surface area contributed by atoms with E-state index in [0.29, 0.717) is 0 Å². The van der Waals surface area contributed by atoms with Crippen LogP contribution in [0.1, 0.15) is 22.5 Å². The molecule has 0 amide bonds. The normalized spacial score (nSPS) is 16.6. The van der Waals surface area contributed by atoms with Gasteiger partial charge in [0.05, 0.1) is 33.9 Å². The lowest BCUT2D eigenvalue weighted by Gasteiger charge is -2.07. The van der Waals surface area contributed by atoms with E-state index >= 15 is 0 Å². The van der Waals surface area contributed by atoms with Gasteiger partial charge in [-0.15, -0.1) is 23.5 Å². The van der Waals surface area contributed by atoms with Gasteiger partial charge in [-0.1, -0.05) is 24.3 Å². The van der Waals surface area contributed by atoms with E-state index in [0.717, 1.165) is 45.3 Å². The van der Waals surface area contributed by atoms with Crippen molar-refractivity contribution in [2.75, 3.05) is 12.5 Å². The van der Waals surface area contributed by atoms with E-state index < -0.39 is 0 Å². The Morgan fingerprint density at radius 1 is 0.553 bits per heavy atom. The summed E-state index contributed by atoms with van der Waals surface area (Å²) in [5, 5.41) is 0. The van der Waals surface area contributed by atoms with Gasteiger partial charge in [0.2, 0.25) is 11.4 Å². The maximum absolute atomic E-state index is 3.67. The van der Waals surface area contributed by atoms with Gasteiger partial charge in [0.1, 0.15) is 0 Å². The molecule has 0 saturated heterocycles. The lowest BCUT2D eigenvalue weighted by atomic mass is 10.0. The van der Waals surface area contributed by atoms with Gasteiger partial charge in [-0.3, -0.25) is 0 Å². The average molecular weight is 533 g/mol. The number of hydrogen-bond donors (Lipinski definition) is 4. The first-order valence-electron chi connectivity index (χ1n) is 12.4. The summed E-state index contributed by atoms with van der Waals surface area (Å²) in [4.78, 5) is 16.6. The quantitative estimate of drug-likeness (QED) is 0.267. The molecule has 6 rings (SSSR count). The Balaban J connectivity index is 1.37. The van der Waals surface area contributed by atoms with E-state index in [1.54, 1.807) is 23.5 Å². The Morgan fingerprint density at radius 2 is 0.974 bits per heavy atom. The van der Waals surface area contributed by atoms with Crippen LogP contribution in [0.2, 0.25) is 0 Å². The third-order valence-electron chi connectivity index (χ3n) is 6.69. The van der Waals surface area contributed by atoms with Crippen LogP contribution in [0.4, 0.5) is 0 Å². The molecule has 0 saturated carbocycles. The molecule has 4 heterocycles. The zero-order valence-corrected chi connectivity index (χ0v) is 22.8. The third-order valence-corrected chi connectivity index (χ3v) is 8.18. The number of benzene rings is 2. The lowest BCUT2D eigenvalue weighted by Crippen LogP contribution is -2.64. The minimum absolute atomic E-state index is 1.04. The lowest BCUT2D eigenvalue weighted by molar-refractivity contribution is -0.379. The molecule has 0 atom stereocenters. The van der Waals surface area contributed by atoms with Crippen molar-refractivity contribution in [1.29, 1.82) is 0 Å². The number of nitrogens with one attached hydrogen (secondary N) is 4. The summed E-state index contributed by atoms with van der Waals surface area (Å²) in [6, 6.07) is 26.1. The highest BCUT2D eigenvalue weighted by atomic mass is 32.2. The molecule has 2 aliphatic rings. The number of aromatic nitrogens is 2. The van der Waals surface area contributed by atoms with Gasteiger partial charge in [-0.2, -0.15) is 0 Å². The van der Waals surface area contributed by atoms with E-state index in [1.807, 2.05) is 24.6 Å². The van der Waals surface area contributed by atoms with Gasteiger partial charge in [-0.25, -0.2) is 9.98 Å². The highest BCUT2D eigenvalue weighted by Crippen LogP contribution is 2.32. The summed E-state index contributed by atoms with van der Waals surface area (Å²) in [6.45, 7) is 0. The Morgan fingerprint density at radius 3 is 1.32 bits per heavy atom. The number of hydrogen-bond acceptors (Lipinski definition) is 2. The summed E-state index contributed by atoms with van der Waals surface area (Å²) >= 11 is 3.51.